The first-order chi connectivity index (χ1) is 16.4. The van der Waals surface area contributed by atoms with Gasteiger partial charge in [-0.2, -0.15) is 0 Å². The van der Waals surface area contributed by atoms with E-state index in [4.69, 9.17) is 5.73 Å². The molecule has 2 aromatic rings. The number of nitrogens with two attached hydrogens (primary N) is 1. The first kappa shape index (κ1) is 27.8. The van der Waals surface area contributed by atoms with E-state index in [1.54, 1.807) is 17.7 Å². The summed E-state index contributed by atoms with van der Waals surface area (Å²) in [6, 6.07) is 4.82. The van der Waals surface area contributed by atoms with Crippen LogP contribution in [-0.2, 0) is 20.8 Å². The Morgan fingerprint density at radius 1 is 1.40 bits per heavy atom. The van der Waals surface area contributed by atoms with E-state index in [0.29, 0.717) is 45.7 Å². The number of nitrogen functional groups attached to an aromatic ring is 1. The summed E-state index contributed by atoms with van der Waals surface area (Å²) in [6.07, 6.45) is 4.70. The molecule has 1 saturated heterocycles. The SMILES string of the molecule is CC/C=C(\C(=O)N[C@@H]1C(=O)N2C(C(=O)[O-])=C(SCCc3ccccn3)CS[C@H]12)c1csc(N)n1.[Na+]. The maximum absolute atomic E-state index is 12.9. The molecule has 4 rings (SSSR count). The van der Waals surface area contributed by atoms with E-state index in [1.807, 2.05) is 25.1 Å². The summed E-state index contributed by atoms with van der Waals surface area (Å²) >= 11 is 4.03. The number of fused-ring (bicyclic) bond motifs is 1. The Morgan fingerprint density at radius 3 is 2.83 bits per heavy atom. The molecule has 2 aromatic heterocycles. The van der Waals surface area contributed by atoms with Crippen molar-refractivity contribution in [2.45, 2.75) is 31.2 Å². The van der Waals surface area contributed by atoms with Crippen LogP contribution >= 0.6 is 34.9 Å². The van der Waals surface area contributed by atoms with Gasteiger partial charge in [0.2, 0.25) is 0 Å². The number of carboxylic acids is 1. The topological polar surface area (TPSA) is 141 Å². The van der Waals surface area contributed by atoms with E-state index < -0.39 is 29.2 Å². The van der Waals surface area contributed by atoms with E-state index in [9.17, 15) is 19.5 Å². The van der Waals surface area contributed by atoms with Gasteiger partial charge in [-0.3, -0.25) is 19.5 Å². The van der Waals surface area contributed by atoms with Crippen molar-refractivity contribution in [3.05, 3.63) is 57.8 Å². The van der Waals surface area contributed by atoms with E-state index in [1.165, 1.54) is 39.8 Å². The quantitative estimate of drug-likeness (QED) is 0.216. The number of aryl methyl sites for hydroxylation is 1. The van der Waals surface area contributed by atoms with Crippen molar-refractivity contribution < 1.29 is 49.0 Å². The molecule has 1 fully saturated rings. The molecule has 0 aromatic carbocycles. The second-order valence-electron chi connectivity index (χ2n) is 7.44. The van der Waals surface area contributed by atoms with Crippen LogP contribution in [0.1, 0.15) is 24.7 Å². The van der Waals surface area contributed by atoms with Gasteiger partial charge in [-0.25, -0.2) is 4.98 Å². The summed E-state index contributed by atoms with van der Waals surface area (Å²) in [5.41, 5.74) is 7.28. The van der Waals surface area contributed by atoms with Gasteiger partial charge < -0.3 is 21.0 Å². The summed E-state index contributed by atoms with van der Waals surface area (Å²) in [6.45, 7) is 1.89. The predicted molar refractivity (Wildman–Crippen MR) is 132 cm³/mol. The third-order valence-electron chi connectivity index (χ3n) is 5.22. The van der Waals surface area contributed by atoms with Crippen molar-refractivity contribution in [2.75, 3.05) is 17.2 Å². The third-order valence-corrected chi connectivity index (χ3v) is 8.46. The van der Waals surface area contributed by atoms with E-state index in [0.717, 1.165) is 5.69 Å². The Kier molecular flexibility index (Phi) is 9.85. The summed E-state index contributed by atoms with van der Waals surface area (Å²) in [7, 11) is 0. The molecule has 2 amide bonds. The van der Waals surface area contributed by atoms with Gasteiger partial charge in [-0.1, -0.05) is 19.1 Å². The average Bonchev–Trinajstić information content (AvgIpc) is 3.26. The zero-order valence-corrected chi connectivity index (χ0v) is 23.7. The van der Waals surface area contributed by atoms with Crippen LogP contribution in [0.5, 0.6) is 0 Å². The first-order valence-electron chi connectivity index (χ1n) is 10.5. The molecular weight excluding hydrogens is 517 g/mol. The number of pyridine rings is 1. The van der Waals surface area contributed by atoms with Gasteiger partial charge in [0.15, 0.2) is 5.13 Å². The van der Waals surface area contributed by atoms with Crippen molar-refractivity contribution in [3.8, 4) is 0 Å². The molecule has 2 atom stereocenters. The molecule has 35 heavy (non-hydrogen) atoms. The van der Waals surface area contributed by atoms with Crippen molar-refractivity contribution in [1.82, 2.24) is 20.2 Å². The zero-order chi connectivity index (χ0) is 24.2. The van der Waals surface area contributed by atoms with Gasteiger partial charge in [-0.05, 0) is 25.0 Å². The van der Waals surface area contributed by atoms with E-state index in [-0.39, 0.29) is 35.3 Å². The molecule has 0 radical (unpaired) electrons. The number of aliphatic carboxylic acids is 1. The van der Waals surface area contributed by atoms with Crippen LogP contribution in [0, 0.1) is 0 Å². The number of anilines is 1. The molecule has 0 aliphatic carbocycles. The maximum Gasteiger partial charge on any atom is 1.00 e. The van der Waals surface area contributed by atoms with Crippen LogP contribution in [0.2, 0.25) is 0 Å². The number of β-lactam (4-membered cyclic amide) rings is 1. The van der Waals surface area contributed by atoms with E-state index >= 15 is 0 Å². The molecule has 0 spiro atoms. The van der Waals surface area contributed by atoms with Crippen LogP contribution in [0.4, 0.5) is 5.13 Å². The van der Waals surface area contributed by atoms with Crippen LogP contribution in [0.15, 0.2) is 46.5 Å². The first-order valence-corrected chi connectivity index (χ1v) is 13.5. The largest absolute Gasteiger partial charge is 1.00 e. The van der Waals surface area contributed by atoms with Crippen LogP contribution in [0.3, 0.4) is 0 Å². The molecule has 9 nitrogen and oxygen atoms in total. The Bertz CT molecular complexity index is 1170. The molecule has 3 N–H and O–H groups in total. The van der Waals surface area contributed by atoms with Gasteiger partial charge in [0.05, 0.1) is 22.9 Å². The third kappa shape index (κ3) is 6.12. The van der Waals surface area contributed by atoms with Crippen LogP contribution < -0.4 is 45.7 Å². The molecule has 2 aliphatic rings. The van der Waals surface area contributed by atoms with Crippen LogP contribution in [0.25, 0.3) is 5.57 Å². The van der Waals surface area contributed by atoms with Crippen molar-refractivity contribution in [2.24, 2.45) is 0 Å². The summed E-state index contributed by atoms with van der Waals surface area (Å²) < 4.78 is 0. The van der Waals surface area contributed by atoms with Gasteiger partial charge >= 0.3 is 29.6 Å². The number of carboxylic acid groups (broad SMARTS) is 1. The van der Waals surface area contributed by atoms with Crippen LogP contribution in [-0.4, -0.2) is 55.6 Å². The fourth-order valence-electron chi connectivity index (χ4n) is 3.66. The molecule has 2 aliphatic heterocycles. The molecule has 0 unspecified atom stereocenters. The number of amides is 2. The van der Waals surface area contributed by atoms with Gasteiger partial charge in [-0.15, -0.1) is 34.9 Å². The fourth-order valence-corrected chi connectivity index (χ4v) is 6.83. The number of aromatic nitrogens is 2. The number of thiazole rings is 1. The Balaban J connectivity index is 0.00000342. The molecule has 0 bridgehead atoms. The van der Waals surface area contributed by atoms with Crippen molar-refractivity contribution in [3.63, 3.8) is 0 Å². The molecule has 0 saturated carbocycles. The number of carbonyl (C=O) groups excluding carboxylic acids is 3. The van der Waals surface area contributed by atoms with Crippen molar-refractivity contribution in [1.29, 1.82) is 0 Å². The minimum atomic E-state index is -1.40. The van der Waals surface area contributed by atoms with Gasteiger partial charge in [0, 0.05) is 33.7 Å². The molecule has 178 valence electrons. The number of thioether (sulfide) groups is 2. The Hall–Kier alpha value is -1.83. The minimum absolute atomic E-state index is 0. The average molecular weight is 540 g/mol. The number of nitrogens with one attached hydrogen (secondary N) is 1. The molecule has 4 heterocycles. The Morgan fingerprint density at radius 2 is 2.20 bits per heavy atom. The molecular formula is C22H22N5NaO4S3. The fraction of sp³-hybridized carbons (Fsp3) is 0.318. The second kappa shape index (κ2) is 12.4. The van der Waals surface area contributed by atoms with E-state index in [2.05, 4.69) is 15.3 Å². The normalized spacial score (nSPS) is 19.5. The van der Waals surface area contributed by atoms with Crippen molar-refractivity contribution >= 4 is 63.3 Å². The number of rotatable bonds is 9. The number of allylic oxidation sites excluding steroid dienone is 1. The number of nitrogens with zero attached hydrogens (tertiary/aromatic N) is 3. The van der Waals surface area contributed by atoms with Gasteiger partial charge in [0.1, 0.15) is 11.4 Å². The smallest absolute Gasteiger partial charge is 0.543 e. The monoisotopic (exact) mass is 539 g/mol. The van der Waals surface area contributed by atoms with Gasteiger partial charge in [0.25, 0.3) is 11.8 Å². The zero-order valence-electron chi connectivity index (χ0n) is 19.2. The summed E-state index contributed by atoms with van der Waals surface area (Å²) in [5, 5.41) is 16.2. The summed E-state index contributed by atoms with van der Waals surface area (Å²) in [4.78, 5) is 48.0. The number of hydrogen-bond donors (Lipinski definition) is 2. The number of hydrogen-bond acceptors (Lipinski definition) is 10. The maximum atomic E-state index is 12.9. The Labute approximate surface area is 237 Å². The summed E-state index contributed by atoms with van der Waals surface area (Å²) in [5.74, 6) is -1.27. The minimum Gasteiger partial charge on any atom is -0.543 e. The second-order valence-corrected chi connectivity index (χ2v) is 10.6. The number of carbonyl (C=O) groups is 3. The predicted octanol–water partition coefficient (Wildman–Crippen LogP) is -1.74. The molecule has 13 heteroatoms. The standard InChI is InChI=1S/C22H23N5O4S3.Na/c1-2-5-13(14-10-34-22(23)25-14)18(28)26-16-19(29)27-17(21(30)31)15(11-33-20(16)27)32-9-7-12-6-3-4-8-24-12;/h3-6,8,10,16,20H,2,7,9,11H2,1H3,(H2,23,25)(H,26,28)(H,30,31);/q;+1/p-1/b13-5-;/t16-,20-;/m1./s1.